The predicted molar refractivity (Wildman–Crippen MR) is 119 cm³/mol. The Morgan fingerprint density at radius 2 is 2.19 bits per heavy atom. The molecule has 11 nitrogen and oxygen atoms in total. The van der Waals surface area contributed by atoms with Crippen LogP contribution < -0.4 is 16.3 Å². The summed E-state index contributed by atoms with van der Waals surface area (Å²) in [5.74, 6) is 10.3. The van der Waals surface area contributed by atoms with E-state index < -0.39 is 34.2 Å². The van der Waals surface area contributed by atoms with E-state index in [1.807, 2.05) is 0 Å². The van der Waals surface area contributed by atoms with Crippen LogP contribution in [0.3, 0.4) is 0 Å². The Labute approximate surface area is 188 Å². The minimum atomic E-state index is -0.860. The zero-order valence-electron chi connectivity index (χ0n) is 16.5. The van der Waals surface area contributed by atoms with Gasteiger partial charge in [-0.15, -0.1) is 17.7 Å². The van der Waals surface area contributed by atoms with Crippen molar-refractivity contribution in [1.29, 1.82) is 0 Å². The molecule has 0 saturated carbocycles. The van der Waals surface area contributed by atoms with E-state index in [2.05, 4.69) is 32.1 Å². The molecule has 1 aromatic carbocycles. The molecule has 3 unspecified atom stereocenters. The number of nitrogens with zero attached hydrogens (tertiary/aromatic N) is 4. The van der Waals surface area contributed by atoms with Crippen LogP contribution in [0, 0.1) is 11.8 Å². The zero-order valence-corrected chi connectivity index (χ0v) is 18.2. The number of nitrogens with two attached hydrogens (primary N) is 1. The number of carbonyl (C=O) groups excluding carboxylic acids is 1. The van der Waals surface area contributed by atoms with Crippen LogP contribution in [0.4, 0.5) is 5.95 Å². The van der Waals surface area contributed by atoms with Gasteiger partial charge in [0.1, 0.15) is 4.70 Å². The molecule has 13 heteroatoms. The van der Waals surface area contributed by atoms with Gasteiger partial charge in [0.05, 0.1) is 5.56 Å². The standard InChI is InChI=1S/C19H16N6O5S2/c1-2-6-11(29-16(27)10-7-4-3-5-8-10)17-30-12(9-31-17)25-14-13(32-19(25)28)15(26)22-18(21-14)23-24-20/h3-5,7-8,11-12,17H,9H2,1H3,(H3,20,21,22,23,26). The number of rotatable bonds is 5. The number of hydrogen-bond acceptors (Lipinski definition) is 10. The SMILES string of the molecule is CC#CC(OC(=O)c1ccccc1)C1OC(n2c(=O)sc3c(=O)[nH]c(N=NN)nc32)CS1. The third-order valence-corrected chi connectivity index (χ3v) is 6.48. The number of nitrogens with one attached hydrogen (secondary N) is 1. The highest BCUT2D eigenvalue weighted by Gasteiger charge is 2.37. The minimum absolute atomic E-state index is 0.108. The summed E-state index contributed by atoms with van der Waals surface area (Å²) in [5, 5.41) is 6.63. The Bertz CT molecular complexity index is 1350. The van der Waals surface area contributed by atoms with E-state index in [9.17, 15) is 14.4 Å². The Morgan fingerprint density at radius 1 is 1.41 bits per heavy atom. The normalized spacial score (nSPS) is 19.0. The van der Waals surface area contributed by atoms with E-state index in [1.165, 1.54) is 16.3 Å². The molecule has 0 aliphatic carbocycles. The molecule has 1 fully saturated rings. The highest BCUT2D eigenvalue weighted by atomic mass is 32.2. The summed E-state index contributed by atoms with van der Waals surface area (Å²) in [5.41, 5.74) is -0.684. The quantitative estimate of drug-likeness (QED) is 0.188. The van der Waals surface area contributed by atoms with Gasteiger partial charge in [0.25, 0.3) is 11.5 Å². The Morgan fingerprint density at radius 3 is 2.91 bits per heavy atom. The Balaban J connectivity index is 1.60. The molecular formula is C19H16N6O5S2. The van der Waals surface area contributed by atoms with Gasteiger partial charge in [0.15, 0.2) is 23.4 Å². The van der Waals surface area contributed by atoms with Gasteiger partial charge < -0.3 is 15.3 Å². The van der Waals surface area contributed by atoms with Crippen molar-refractivity contribution in [2.75, 3.05) is 5.75 Å². The van der Waals surface area contributed by atoms with E-state index in [0.717, 1.165) is 11.3 Å². The van der Waals surface area contributed by atoms with Crippen LogP contribution in [0.15, 0.2) is 50.3 Å². The zero-order chi connectivity index (χ0) is 22.7. The van der Waals surface area contributed by atoms with Crippen LogP contribution in [0.5, 0.6) is 0 Å². The van der Waals surface area contributed by atoms with Gasteiger partial charge in [0.2, 0.25) is 0 Å². The summed E-state index contributed by atoms with van der Waals surface area (Å²) in [6, 6.07) is 8.54. The maximum atomic E-state index is 12.6. The summed E-state index contributed by atoms with van der Waals surface area (Å²) >= 11 is 2.08. The van der Waals surface area contributed by atoms with Crippen molar-refractivity contribution in [3.05, 3.63) is 55.9 Å². The number of thioether (sulfide) groups is 1. The molecule has 1 aliphatic heterocycles. The summed E-state index contributed by atoms with van der Waals surface area (Å²) in [4.78, 5) is 43.5. The molecule has 1 aliphatic rings. The molecule has 2 aromatic heterocycles. The molecule has 0 radical (unpaired) electrons. The van der Waals surface area contributed by atoms with Crippen molar-refractivity contribution in [2.24, 2.45) is 16.2 Å². The molecule has 3 aromatic rings. The van der Waals surface area contributed by atoms with Crippen LogP contribution in [-0.2, 0) is 9.47 Å². The lowest BCUT2D eigenvalue weighted by atomic mass is 10.2. The largest absolute Gasteiger partial charge is 0.442 e. The van der Waals surface area contributed by atoms with E-state index >= 15 is 0 Å². The van der Waals surface area contributed by atoms with Crippen molar-refractivity contribution >= 4 is 45.4 Å². The second-order valence-corrected chi connectivity index (χ2v) is 8.47. The summed E-state index contributed by atoms with van der Waals surface area (Å²) < 4.78 is 13.0. The smallest absolute Gasteiger partial charge is 0.339 e. The van der Waals surface area contributed by atoms with Gasteiger partial charge in [-0.2, -0.15) is 4.98 Å². The number of carbonyl (C=O) groups is 1. The van der Waals surface area contributed by atoms with Gasteiger partial charge in [-0.3, -0.25) is 19.1 Å². The fraction of sp³-hybridized carbons (Fsp3) is 0.263. The first-order valence-corrected chi connectivity index (χ1v) is 11.1. The lowest BCUT2D eigenvalue weighted by molar-refractivity contribution is -0.0334. The lowest BCUT2D eigenvalue weighted by Crippen LogP contribution is -2.30. The van der Waals surface area contributed by atoms with Gasteiger partial charge >= 0.3 is 10.8 Å². The monoisotopic (exact) mass is 472 g/mol. The van der Waals surface area contributed by atoms with Gasteiger partial charge in [-0.1, -0.05) is 45.8 Å². The molecule has 0 amide bonds. The van der Waals surface area contributed by atoms with Crippen molar-refractivity contribution in [1.82, 2.24) is 14.5 Å². The summed E-state index contributed by atoms with van der Waals surface area (Å²) in [6.45, 7) is 1.63. The number of hydrogen-bond donors (Lipinski definition) is 2. The molecule has 32 heavy (non-hydrogen) atoms. The number of aromatic amines is 1. The molecule has 4 rings (SSSR count). The maximum absolute atomic E-state index is 12.6. The molecule has 3 atom stereocenters. The first-order chi connectivity index (χ1) is 15.5. The van der Waals surface area contributed by atoms with Crippen LogP contribution in [-0.4, -0.2) is 37.8 Å². The third kappa shape index (κ3) is 4.28. The second kappa shape index (κ2) is 9.35. The minimum Gasteiger partial charge on any atom is -0.442 e. The fourth-order valence-corrected chi connectivity index (χ4v) is 4.97. The van der Waals surface area contributed by atoms with Gasteiger partial charge in [0, 0.05) is 5.75 Å². The van der Waals surface area contributed by atoms with Crippen molar-refractivity contribution in [3.63, 3.8) is 0 Å². The van der Waals surface area contributed by atoms with Crippen molar-refractivity contribution in [2.45, 2.75) is 24.7 Å². The highest BCUT2D eigenvalue weighted by molar-refractivity contribution is 8.00. The lowest BCUT2D eigenvalue weighted by Gasteiger charge is -2.19. The Kier molecular flexibility index (Phi) is 6.35. The van der Waals surface area contributed by atoms with Crippen LogP contribution >= 0.6 is 23.1 Å². The number of thiazole rings is 1. The topological polar surface area (TPSA) is 154 Å². The number of benzene rings is 1. The van der Waals surface area contributed by atoms with Crippen molar-refractivity contribution in [3.8, 4) is 11.8 Å². The molecule has 3 N–H and O–H groups in total. The fourth-order valence-electron chi connectivity index (χ4n) is 3.03. The van der Waals surface area contributed by atoms with E-state index in [1.54, 1.807) is 37.3 Å². The average Bonchev–Trinajstić information content (AvgIpc) is 3.38. The van der Waals surface area contributed by atoms with Gasteiger partial charge in [-0.05, 0) is 19.1 Å². The first kappa shape index (κ1) is 21.8. The number of esters is 1. The van der Waals surface area contributed by atoms with Crippen molar-refractivity contribution < 1.29 is 14.3 Å². The van der Waals surface area contributed by atoms with E-state index in [0.29, 0.717) is 11.3 Å². The molecule has 0 spiro atoms. The number of aromatic nitrogens is 3. The van der Waals surface area contributed by atoms with Crippen LogP contribution in [0.25, 0.3) is 10.3 Å². The molecular weight excluding hydrogens is 456 g/mol. The maximum Gasteiger partial charge on any atom is 0.339 e. The molecule has 0 bridgehead atoms. The third-order valence-electron chi connectivity index (χ3n) is 4.37. The second-order valence-electron chi connectivity index (χ2n) is 6.37. The van der Waals surface area contributed by atoms with E-state index in [-0.39, 0.29) is 16.3 Å². The van der Waals surface area contributed by atoms with Crippen LogP contribution in [0.1, 0.15) is 23.5 Å². The number of fused-ring (bicyclic) bond motifs is 1. The molecule has 1 saturated heterocycles. The Hall–Kier alpha value is -3.47. The number of ether oxygens (including phenoxy) is 2. The number of H-pyrrole nitrogens is 1. The van der Waals surface area contributed by atoms with Crippen LogP contribution in [0.2, 0.25) is 0 Å². The predicted octanol–water partition coefficient (Wildman–Crippen LogP) is 1.94. The average molecular weight is 473 g/mol. The first-order valence-electron chi connectivity index (χ1n) is 9.23. The highest BCUT2D eigenvalue weighted by Crippen LogP contribution is 2.35. The molecule has 164 valence electrons. The van der Waals surface area contributed by atoms with Gasteiger partial charge in [-0.25, -0.2) is 4.79 Å². The molecule has 3 heterocycles. The summed E-state index contributed by atoms with van der Waals surface area (Å²) in [7, 11) is 0. The van der Waals surface area contributed by atoms with E-state index in [4.69, 9.17) is 15.3 Å². The summed E-state index contributed by atoms with van der Waals surface area (Å²) in [6.07, 6.45) is -1.61.